The number of aliphatic hydroxyl groups is 3. The normalized spacial score (nSPS) is 13.4. The Hall–Kier alpha value is -2.56. The summed E-state index contributed by atoms with van der Waals surface area (Å²) in [7, 11) is 0. The van der Waals surface area contributed by atoms with Gasteiger partial charge in [-0.25, -0.2) is 0 Å². The maximum absolute atomic E-state index is 13.0. The molecule has 4 nitrogen and oxygen atoms in total. The van der Waals surface area contributed by atoms with E-state index in [2.05, 4.69) is 0 Å². The summed E-state index contributed by atoms with van der Waals surface area (Å²) >= 11 is 0. The first-order valence-electron chi connectivity index (χ1n) is 9.49. The highest BCUT2D eigenvalue weighted by atomic mass is 19.4. The van der Waals surface area contributed by atoms with E-state index in [1.165, 1.54) is 31.2 Å². The van der Waals surface area contributed by atoms with E-state index in [1.54, 1.807) is 18.2 Å². The number of halogens is 6. The van der Waals surface area contributed by atoms with E-state index in [4.69, 9.17) is 4.74 Å². The number of rotatable bonds is 8. The van der Waals surface area contributed by atoms with Crippen molar-refractivity contribution in [1.82, 2.24) is 0 Å². The Morgan fingerprint density at radius 1 is 0.906 bits per heavy atom. The maximum atomic E-state index is 13.0. The molecule has 2 aromatic carbocycles. The number of alkyl halides is 6. The molecule has 0 fully saturated rings. The van der Waals surface area contributed by atoms with Gasteiger partial charge in [-0.1, -0.05) is 31.2 Å². The number of allylic oxidation sites excluding steroid dienone is 1. The van der Waals surface area contributed by atoms with Crippen LogP contribution in [0.4, 0.5) is 26.3 Å². The minimum Gasteiger partial charge on any atom is -0.489 e. The highest BCUT2D eigenvalue weighted by Gasteiger charge is 2.69. The van der Waals surface area contributed by atoms with Crippen molar-refractivity contribution in [3.63, 3.8) is 0 Å². The van der Waals surface area contributed by atoms with Gasteiger partial charge in [-0.05, 0) is 58.5 Å². The molecule has 0 aliphatic carbocycles. The first-order valence-corrected chi connectivity index (χ1v) is 9.49. The SMILES string of the molecule is CC/C(=C\C(O)(C(F)(F)F)C(F)(F)F)c1cccc(OCc2ccc(CO)c(CO)c2)c1. The first kappa shape index (κ1) is 25.7. The Labute approximate surface area is 180 Å². The van der Waals surface area contributed by atoms with Crippen LogP contribution in [0.3, 0.4) is 0 Å². The molecule has 0 aliphatic heterocycles. The van der Waals surface area contributed by atoms with Gasteiger partial charge in [0.2, 0.25) is 0 Å². The molecule has 2 rings (SSSR count). The molecule has 0 unspecified atom stereocenters. The van der Waals surface area contributed by atoms with Crippen LogP contribution in [0.5, 0.6) is 5.75 Å². The van der Waals surface area contributed by atoms with E-state index >= 15 is 0 Å². The lowest BCUT2D eigenvalue weighted by Crippen LogP contribution is -2.55. The van der Waals surface area contributed by atoms with Gasteiger partial charge in [0, 0.05) is 0 Å². The summed E-state index contributed by atoms with van der Waals surface area (Å²) in [4.78, 5) is 0. The molecule has 10 heteroatoms. The standard InChI is InChI=1S/C22H22F6O4/c1-2-15(10-20(31,21(23,24)25)22(26,27)28)16-4-3-5-19(9-16)32-13-14-6-7-17(11-29)18(8-14)12-30/h3-10,29-31H,2,11-13H2,1H3/b15-10+. The lowest BCUT2D eigenvalue weighted by atomic mass is 9.93. The molecule has 0 aromatic heterocycles. The molecule has 0 aliphatic rings. The maximum Gasteiger partial charge on any atom is 0.430 e. The van der Waals surface area contributed by atoms with Crippen molar-refractivity contribution in [3.05, 3.63) is 70.8 Å². The third-order valence-corrected chi connectivity index (χ3v) is 4.85. The van der Waals surface area contributed by atoms with Crippen molar-refractivity contribution in [2.45, 2.75) is 51.1 Å². The minimum absolute atomic E-state index is 0.00236. The fraction of sp³-hybridized carbons (Fsp3) is 0.364. The summed E-state index contributed by atoms with van der Waals surface area (Å²) in [6.07, 6.45) is -12.3. The molecule has 0 amide bonds. The first-order chi connectivity index (χ1) is 14.9. The van der Waals surface area contributed by atoms with Gasteiger partial charge in [-0.2, -0.15) is 26.3 Å². The van der Waals surface area contributed by atoms with Crippen molar-refractivity contribution in [2.75, 3.05) is 0 Å². The number of ether oxygens (including phenoxy) is 1. The van der Waals surface area contributed by atoms with Crippen LogP contribution in [0.25, 0.3) is 5.57 Å². The zero-order chi connectivity index (χ0) is 24.2. The number of benzene rings is 2. The summed E-state index contributed by atoms with van der Waals surface area (Å²) in [6.45, 7) is 0.812. The summed E-state index contributed by atoms with van der Waals surface area (Å²) in [5, 5.41) is 28.0. The van der Waals surface area contributed by atoms with Crippen LogP contribution in [-0.2, 0) is 19.8 Å². The van der Waals surface area contributed by atoms with Crippen LogP contribution in [0.2, 0.25) is 0 Å². The lowest BCUT2D eigenvalue weighted by Gasteiger charge is -2.30. The second kappa shape index (κ2) is 9.93. The lowest BCUT2D eigenvalue weighted by molar-refractivity contribution is -0.347. The highest BCUT2D eigenvalue weighted by Crippen LogP contribution is 2.45. The van der Waals surface area contributed by atoms with Gasteiger partial charge in [0.15, 0.2) is 0 Å². The molecule has 0 atom stereocenters. The Bertz CT molecular complexity index is 936. The zero-order valence-electron chi connectivity index (χ0n) is 17.0. The fourth-order valence-corrected chi connectivity index (χ4v) is 2.99. The monoisotopic (exact) mass is 464 g/mol. The fourth-order valence-electron chi connectivity index (χ4n) is 2.99. The molecular formula is C22H22F6O4. The molecule has 32 heavy (non-hydrogen) atoms. The molecule has 176 valence electrons. The van der Waals surface area contributed by atoms with Gasteiger partial charge in [0.1, 0.15) is 12.4 Å². The molecule has 0 saturated carbocycles. The Morgan fingerprint density at radius 2 is 1.53 bits per heavy atom. The van der Waals surface area contributed by atoms with Gasteiger partial charge in [0.25, 0.3) is 5.60 Å². The molecule has 0 saturated heterocycles. The van der Waals surface area contributed by atoms with Crippen LogP contribution in [0.1, 0.15) is 35.6 Å². The summed E-state index contributed by atoms with van der Waals surface area (Å²) in [5.74, 6) is 0.182. The van der Waals surface area contributed by atoms with Crippen LogP contribution < -0.4 is 4.74 Å². The van der Waals surface area contributed by atoms with E-state index in [0.29, 0.717) is 16.7 Å². The van der Waals surface area contributed by atoms with Crippen molar-refractivity contribution < 1.29 is 46.4 Å². The van der Waals surface area contributed by atoms with Crippen LogP contribution in [0, 0.1) is 0 Å². The average Bonchev–Trinajstić information content (AvgIpc) is 2.74. The predicted octanol–water partition coefficient (Wildman–Crippen LogP) is 4.90. The Kier molecular flexibility index (Phi) is 7.97. The largest absolute Gasteiger partial charge is 0.489 e. The predicted molar refractivity (Wildman–Crippen MR) is 104 cm³/mol. The van der Waals surface area contributed by atoms with E-state index in [1.807, 2.05) is 0 Å². The van der Waals surface area contributed by atoms with Gasteiger partial charge in [-0.3, -0.25) is 0 Å². The average molecular weight is 464 g/mol. The smallest absolute Gasteiger partial charge is 0.430 e. The highest BCUT2D eigenvalue weighted by molar-refractivity contribution is 5.68. The van der Waals surface area contributed by atoms with Crippen molar-refractivity contribution in [1.29, 1.82) is 0 Å². The van der Waals surface area contributed by atoms with Crippen molar-refractivity contribution in [2.24, 2.45) is 0 Å². The molecule has 2 aromatic rings. The second-order valence-corrected chi connectivity index (χ2v) is 7.02. The Balaban J connectivity index is 2.32. The number of hydrogen-bond donors (Lipinski definition) is 3. The second-order valence-electron chi connectivity index (χ2n) is 7.02. The number of hydrogen-bond acceptors (Lipinski definition) is 4. The molecule has 0 radical (unpaired) electrons. The van der Waals surface area contributed by atoms with Gasteiger partial charge >= 0.3 is 12.4 Å². The van der Waals surface area contributed by atoms with E-state index in [-0.39, 0.29) is 49.2 Å². The van der Waals surface area contributed by atoms with E-state index in [9.17, 15) is 41.7 Å². The summed E-state index contributed by atoms with van der Waals surface area (Å²) in [5.41, 5.74) is -3.65. The van der Waals surface area contributed by atoms with Crippen molar-refractivity contribution in [3.8, 4) is 5.75 Å². The molecule has 3 N–H and O–H groups in total. The van der Waals surface area contributed by atoms with E-state index < -0.39 is 18.0 Å². The molecular weight excluding hydrogens is 442 g/mol. The Morgan fingerprint density at radius 3 is 2.06 bits per heavy atom. The third kappa shape index (κ3) is 5.62. The summed E-state index contributed by atoms with van der Waals surface area (Å²) < 4.78 is 83.8. The number of aliphatic hydroxyl groups excluding tert-OH is 2. The van der Waals surface area contributed by atoms with Crippen LogP contribution in [-0.4, -0.2) is 33.3 Å². The van der Waals surface area contributed by atoms with Gasteiger partial charge in [0.05, 0.1) is 13.2 Å². The third-order valence-electron chi connectivity index (χ3n) is 4.85. The van der Waals surface area contributed by atoms with Crippen LogP contribution >= 0.6 is 0 Å². The molecule has 0 heterocycles. The van der Waals surface area contributed by atoms with Crippen LogP contribution in [0.15, 0.2) is 48.5 Å². The zero-order valence-corrected chi connectivity index (χ0v) is 17.0. The van der Waals surface area contributed by atoms with E-state index in [0.717, 1.165) is 0 Å². The quantitative estimate of drug-likeness (QED) is 0.486. The van der Waals surface area contributed by atoms with Crippen molar-refractivity contribution >= 4 is 5.57 Å². The topological polar surface area (TPSA) is 69.9 Å². The van der Waals surface area contributed by atoms with Gasteiger partial charge < -0.3 is 20.1 Å². The summed E-state index contributed by atoms with van der Waals surface area (Å²) in [6, 6.07) is 10.3. The molecule has 0 spiro atoms. The minimum atomic E-state index is -5.95. The van der Waals surface area contributed by atoms with Gasteiger partial charge in [-0.15, -0.1) is 0 Å². The molecule has 0 bridgehead atoms.